The highest BCUT2D eigenvalue weighted by Crippen LogP contribution is 2.20. The van der Waals surface area contributed by atoms with Crippen molar-refractivity contribution in [1.29, 1.82) is 0 Å². The Morgan fingerprint density at radius 1 is 1.44 bits per heavy atom. The monoisotopic (exact) mass is 240 g/mol. The maximum Gasteiger partial charge on any atom is 0.338 e. The predicted octanol–water partition coefficient (Wildman–Crippen LogP) is 2.73. The molecule has 0 atom stereocenters. The molecule has 0 aromatic heterocycles. The van der Waals surface area contributed by atoms with E-state index in [2.05, 4.69) is 0 Å². The number of hydrogen-bond donors (Lipinski definition) is 0. The third-order valence-electron chi connectivity index (χ3n) is 2.11. The largest absolute Gasteiger partial charge is 0.462 e. The lowest BCUT2D eigenvalue weighted by atomic mass is 10.1. The number of methoxy groups -OCH3 is 1. The average Bonchev–Trinajstić information content (AvgIpc) is 2.30. The van der Waals surface area contributed by atoms with Crippen LogP contribution in [0.4, 0.5) is 0 Å². The van der Waals surface area contributed by atoms with Crippen LogP contribution in [-0.2, 0) is 16.1 Å². The van der Waals surface area contributed by atoms with Crippen molar-refractivity contribution in [2.45, 2.75) is 18.4 Å². The number of carbonyl (C=O) groups excluding carboxylic acids is 1. The molecule has 0 bridgehead atoms. The van der Waals surface area contributed by atoms with E-state index in [1.165, 1.54) is 0 Å². The molecule has 0 aliphatic carbocycles. The van der Waals surface area contributed by atoms with Gasteiger partial charge in [0.1, 0.15) is 0 Å². The summed E-state index contributed by atoms with van der Waals surface area (Å²) in [5.41, 5.74) is 1.45. The zero-order chi connectivity index (χ0) is 12.0. The normalized spacial score (nSPS) is 10.2. The van der Waals surface area contributed by atoms with E-state index in [9.17, 15) is 4.79 Å². The molecule has 16 heavy (non-hydrogen) atoms. The Balaban J connectivity index is 3.04. The molecule has 0 radical (unpaired) electrons. The van der Waals surface area contributed by atoms with Crippen LogP contribution in [0.15, 0.2) is 23.1 Å². The van der Waals surface area contributed by atoms with Crippen molar-refractivity contribution < 1.29 is 14.3 Å². The molecule has 88 valence electrons. The second kappa shape index (κ2) is 6.55. The Morgan fingerprint density at radius 2 is 2.19 bits per heavy atom. The van der Waals surface area contributed by atoms with Crippen LogP contribution >= 0.6 is 11.8 Å². The van der Waals surface area contributed by atoms with E-state index in [0.717, 1.165) is 10.5 Å². The van der Waals surface area contributed by atoms with Gasteiger partial charge in [-0.15, -0.1) is 11.8 Å². The fourth-order valence-electron chi connectivity index (χ4n) is 1.36. The summed E-state index contributed by atoms with van der Waals surface area (Å²) in [7, 11) is 1.61. The highest BCUT2D eigenvalue weighted by atomic mass is 32.2. The number of benzene rings is 1. The highest BCUT2D eigenvalue weighted by Gasteiger charge is 2.12. The number of esters is 1. The van der Waals surface area contributed by atoms with Gasteiger partial charge in [-0.2, -0.15) is 0 Å². The Morgan fingerprint density at radius 3 is 2.75 bits per heavy atom. The number of ether oxygens (including phenoxy) is 2. The zero-order valence-corrected chi connectivity index (χ0v) is 10.6. The zero-order valence-electron chi connectivity index (χ0n) is 9.78. The van der Waals surface area contributed by atoms with Crippen molar-refractivity contribution in [1.82, 2.24) is 0 Å². The average molecular weight is 240 g/mol. The first-order chi connectivity index (χ1) is 7.72. The summed E-state index contributed by atoms with van der Waals surface area (Å²) >= 11 is 1.60. The number of hydrogen-bond acceptors (Lipinski definition) is 4. The molecule has 1 aromatic rings. The molecular weight excluding hydrogens is 224 g/mol. The molecule has 0 amide bonds. The van der Waals surface area contributed by atoms with Crippen molar-refractivity contribution in [2.75, 3.05) is 20.0 Å². The lowest BCUT2D eigenvalue weighted by Gasteiger charge is -2.09. The Kier molecular flexibility index (Phi) is 5.35. The Bertz CT molecular complexity index is 363. The lowest BCUT2D eigenvalue weighted by Crippen LogP contribution is -2.08. The summed E-state index contributed by atoms with van der Waals surface area (Å²) in [4.78, 5) is 12.8. The Labute approximate surface area is 100 Å². The van der Waals surface area contributed by atoms with Crippen LogP contribution in [0.25, 0.3) is 0 Å². The van der Waals surface area contributed by atoms with Gasteiger partial charge in [-0.25, -0.2) is 4.79 Å². The first-order valence-corrected chi connectivity index (χ1v) is 6.28. The fraction of sp³-hybridized carbons (Fsp3) is 0.417. The van der Waals surface area contributed by atoms with Crippen molar-refractivity contribution in [3.63, 3.8) is 0 Å². The number of rotatable bonds is 5. The first-order valence-electron chi connectivity index (χ1n) is 5.05. The fourth-order valence-corrected chi connectivity index (χ4v) is 1.80. The standard InChI is InChI=1S/C12H16O3S/c1-4-15-12(13)11-7-10(16-3)6-5-9(11)8-14-2/h5-7H,4,8H2,1-3H3. The highest BCUT2D eigenvalue weighted by molar-refractivity contribution is 7.98. The quantitative estimate of drug-likeness (QED) is 0.585. The van der Waals surface area contributed by atoms with Crippen LogP contribution in [0, 0.1) is 0 Å². The van der Waals surface area contributed by atoms with E-state index in [1.807, 2.05) is 24.5 Å². The minimum Gasteiger partial charge on any atom is -0.462 e. The van der Waals surface area contributed by atoms with Gasteiger partial charge in [0.25, 0.3) is 0 Å². The molecule has 0 fully saturated rings. The smallest absolute Gasteiger partial charge is 0.338 e. The molecule has 0 aliphatic rings. The van der Waals surface area contributed by atoms with Crippen LogP contribution in [0.5, 0.6) is 0 Å². The van der Waals surface area contributed by atoms with Crippen LogP contribution in [0.1, 0.15) is 22.8 Å². The molecule has 0 saturated carbocycles. The third kappa shape index (κ3) is 3.25. The maximum absolute atomic E-state index is 11.7. The van der Waals surface area contributed by atoms with Crippen LogP contribution in [0.3, 0.4) is 0 Å². The summed E-state index contributed by atoms with van der Waals surface area (Å²) in [6, 6.07) is 5.72. The van der Waals surface area contributed by atoms with Gasteiger partial charge >= 0.3 is 5.97 Å². The van der Waals surface area contributed by atoms with Crippen molar-refractivity contribution >= 4 is 17.7 Å². The van der Waals surface area contributed by atoms with Crippen molar-refractivity contribution in [3.8, 4) is 0 Å². The summed E-state index contributed by atoms with van der Waals surface area (Å²) in [6.45, 7) is 2.60. The molecule has 0 spiro atoms. The van der Waals surface area contributed by atoms with E-state index < -0.39 is 0 Å². The van der Waals surface area contributed by atoms with Gasteiger partial charge in [0.05, 0.1) is 18.8 Å². The van der Waals surface area contributed by atoms with Gasteiger partial charge < -0.3 is 9.47 Å². The number of thioether (sulfide) groups is 1. The topological polar surface area (TPSA) is 35.5 Å². The van der Waals surface area contributed by atoms with Crippen LogP contribution < -0.4 is 0 Å². The van der Waals surface area contributed by atoms with Crippen molar-refractivity contribution in [2.24, 2.45) is 0 Å². The molecule has 0 saturated heterocycles. The van der Waals surface area contributed by atoms with E-state index in [-0.39, 0.29) is 5.97 Å². The summed E-state index contributed by atoms with van der Waals surface area (Å²) in [5, 5.41) is 0. The molecule has 4 heteroatoms. The minimum absolute atomic E-state index is 0.287. The second-order valence-electron chi connectivity index (χ2n) is 3.18. The van der Waals surface area contributed by atoms with E-state index >= 15 is 0 Å². The van der Waals surface area contributed by atoms with Crippen LogP contribution in [-0.4, -0.2) is 25.9 Å². The van der Waals surface area contributed by atoms with Gasteiger partial charge in [-0.3, -0.25) is 0 Å². The third-order valence-corrected chi connectivity index (χ3v) is 2.84. The van der Waals surface area contributed by atoms with Crippen molar-refractivity contribution in [3.05, 3.63) is 29.3 Å². The second-order valence-corrected chi connectivity index (χ2v) is 4.06. The van der Waals surface area contributed by atoms with Gasteiger partial charge in [-0.05, 0) is 30.9 Å². The van der Waals surface area contributed by atoms with Crippen LogP contribution in [0.2, 0.25) is 0 Å². The molecule has 0 N–H and O–H groups in total. The van der Waals surface area contributed by atoms with E-state index in [1.54, 1.807) is 25.8 Å². The van der Waals surface area contributed by atoms with E-state index in [4.69, 9.17) is 9.47 Å². The molecule has 0 heterocycles. The molecule has 1 aromatic carbocycles. The molecule has 1 rings (SSSR count). The summed E-state index contributed by atoms with van der Waals surface area (Å²) < 4.78 is 10.1. The van der Waals surface area contributed by atoms with Gasteiger partial charge in [0, 0.05) is 12.0 Å². The molecule has 0 unspecified atom stereocenters. The Hall–Kier alpha value is -1.00. The van der Waals surface area contributed by atoms with E-state index in [0.29, 0.717) is 18.8 Å². The summed E-state index contributed by atoms with van der Waals surface area (Å²) in [5.74, 6) is -0.287. The first kappa shape index (κ1) is 13.1. The maximum atomic E-state index is 11.7. The minimum atomic E-state index is -0.287. The number of carbonyl (C=O) groups is 1. The predicted molar refractivity (Wildman–Crippen MR) is 64.9 cm³/mol. The molecule has 0 aliphatic heterocycles. The van der Waals surface area contributed by atoms with Gasteiger partial charge in [-0.1, -0.05) is 6.07 Å². The molecule has 3 nitrogen and oxygen atoms in total. The van der Waals surface area contributed by atoms with Gasteiger partial charge in [0.15, 0.2) is 0 Å². The lowest BCUT2D eigenvalue weighted by molar-refractivity contribution is 0.0521. The SMILES string of the molecule is CCOC(=O)c1cc(SC)ccc1COC. The summed E-state index contributed by atoms with van der Waals surface area (Å²) in [6.07, 6.45) is 1.97. The molecular formula is C12H16O3S. The van der Waals surface area contributed by atoms with Gasteiger partial charge in [0.2, 0.25) is 0 Å².